The van der Waals surface area contributed by atoms with Crippen molar-refractivity contribution in [3.8, 4) is 11.5 Å². The third kappa shape index (κ3) is 4.54. The van der Waals surface area contributed by atoms with Crippen LogP contribution < -0.4 is 15.2 Å². The Morgan fingerprint density at radius 2 is 1.97 bits per heavy atom. The number of methoxy groups -OCH3 is 1. The van der Waals surface area contributed by atoms with Gasteiger partial charge in [-0.15, -0.1) is 0 Å². The van der Waals surface area contributed by atoms with Gasteiger partial charge in [-0.25, -0.2) is 9.18 Å². The minimum absolute atomic E-state index is 0.0178. The Hall–Kier alpha value is -2.57. The number of ether oxygens (including phenoxy) is 3. The van der Waals surface area contributed by atoms with Crippen LogP contribution in [0.15, 0.2) is 18.2 Å². The summed E-state index contributed by atoms with van der Waals surface area (Å²) in [6.45, 7) is -1.11. The summed E-state index contributed by atoms with van der Waals surface area (Å²) in [5.41, 5.74) is 6.21. The molecule has 1 aliphatic rings. The van der Waals surface area contributed by atoms with Crippen LogP contribution in [0.2, 0.25) is 0 Å². The van der Waals surface area contributed by atoms with Gasteiger partial charge in [0.05, 0.1) is 12.7 Å². The highest BCUT2D eigenvalue weighted by molar-refractivity contribution is 5.85. The monoisotopic (exact) mass is 415 g/mol. The van der Waals surface area contributed by atoms with Crippen LogP contribution in [0.25, 0.3) is 5.57 Å². The molecule has 10 nitrogen and oxygen atoms in total. The third-order valence-electron chi connectivity index (χ3n) is 4.45. The van der Waals surface area contributed by atoms with Crippen LogP contribution in [-0.4, -0.2) is 77.0 Å². The molecule has 0 spiro atoms. The van der Waals surface area contributed by atoms with E-state index in [0.717, 1.165) is 0 Å². The summed E-state index contributed by atoms with van der Waals surface area (Å²) in [5.74, 6) is -1.72. The molecule has 5 unspecified atom stereocenters. The lowest BCUT2D eigenvalue weighted by Crippen LogP contribution is -2.61. The molecule has 1 saturated heterocycles. The lowest BCUT2D eigenvalue weighted by atomic mass is 9.98. The number of carbonyl (C=O) groups excluding carboxylic acids is 1. The zero-order valence-corrected chi connectivity index (χ0v) is 15.4. The van der Waals surface area contributed by atoms with Crippen molar-refractivity contribution in [2.75, 3.05) is 13.7 Å². The molecular weight excluding hydrogens is 393 g/mol. The van der Waals surface area contributed by atoms with E-state index in [-0.39, 0.29) is 23.6 Å². The second-order valence-corrected chi connectivity index (χ2v) is 6.14. The summed E-state index contributed by atoms with van der Waals surface area (Å²) < 4.78 is 29.5. The molecule has 0 bridgehead atoms. The normalized spacial score (nSPS) is 27.4. The summed E-state index contributed by atoms with van der Waals surface area (Å²) in [5, 5.41) is 38.8. The number of alkyl halides is 1. The Balaban J connectivity index is 2.43. The van der Waals surface area contributed by atoms with E-state index in [2.05, 4.69) is 0 Å². The number of carboxylic acids is 1. The number of carbonyl (C=O) groups is 2. The molecule has 0 saturated carbocycles. The molecule has 1 heterocycles. The Labute approximate surface area is 164 Å². The molecule has 0 aliphatic carbocycles. The van der Waals surface area contributed by atoms with Crippen LogP contribution >= 0.6 is 0 Å². The quantitative estimate of drug-likeness (QED) is 0.262. The maximum absolute atomic E-state index is 13.8. The Kier molecular flexibility index (Phi) is 7.65. The van der Waals surface area contributed by atoms with Crippen molar-refractivity contribution in [1.82, 2.24) is 0 Å². The molecule has 160 valence electrons. The first kappa shape index (κ1) is 22.7. The van der Waals surface area contributed by atoms with Gasteiger partial charge in [-0.3, -0.25) is 4.79 Å². The smallest absolute Gasteiger partial charge is 0.335 e. The van der Waals surface area contributed by atoms with Gasteiger partial charge < -0.3 is 40.4 Å². The van der Waals surface area contributed by atoms with Crippen molar-refractivity contribution in [1.29, 1.82) is 0 Å². The molecule has 2 rings (SSSR count). The first-order valence-corrected chi connectivity index (χ1v) is 8.50. The van der Waals surface area contributed by atoms with Crippen LogP contribution in [0.5, 0.6) is 11.5 Å². The summed E-state index contributed by atoms with van der Waals surface area (Å²) >= 11 is 0. The highest BCUT2D eigenvalue weighted by Gasteiger charge is 2.48. The number of rotatable bonds is 8. The van der Waals surface area contributed by atoms with E-state index in [9.17, 15) is 29.3 Å². The molecule has 6 N–H and O–H groups in total. The van der Waals surface area contributed by atoms with E-state index in [0.29, 0.717) is 17.4 Å². The number of allylic oxidation sites excluding steroid dienone is 1. The Morgan fingerprint density at radius 3 is 2.48 bits per heavy atom. The number of nitrogens with two attached hydrogens (primary N) is 1. The van der Waals surface area contributed by atoms with Crippen molar-refractivity contribution in [2.24, 2.45) is 5.73 Å². The van der Waals surface area contributed by atoms with E-state index in [1.807, 2.05) is 0 Å². The molecule has 5 atom stereocenters. The van der Waals surface area contributed by atoms with Crippen molar-refractivity contribution in [3.05, 3.63) is 29.3 Å². The lowest BCUT2D eigenvalue weighted by molar-refractivity contribution is -0.271. The Morgan fingerprint density at radius 1 is 1.28 bits per heavy atom. The van der Waals surface area contributed by atoms with Crippen molar-refractivity contribution >= 4 is 17.8 Å². The SMILES string of the molecule is COc1c(/C(=C\C=O)CN)ccc(OC2OC(C(=O)O)C(O)C(O)C2O)c1CF. The van der Waals surface area contributed by atoms with Crippen LogP contribution in [0, 0.1) is 0 Å². The number of aldehydes is 1. The van der Waals surface area contributed by atoms with Gasteiger partial charge in [0.15, 0.2) is 6.10 Å². The number of aliphatic hydroxyl groups is 3. The van der Waals surface area contributed by atoms with E-state index < -0.39 is 43.3 Å². The van der Waals surface area contributed by atoms with Crippen molar-refractivity contribution in [2.45, 2.75) is 37.4 Å². The lowest BCUT2D eigenvalue weighted by Gasteiger charge is -2.38. The summed E-state index contributed by atoms with van der Waals surface area (Å²) in [4.78, 5) is 22.0. The first-order valence-electron chi connectivity index (χ1n) is 8.50. The first-order chi connectivity index (χ1) is 13.8. The number of benzene rings is 1. The highest BCUT2D eigenvalue weighted by Crippen LogP contribution is 2.38. The predicted octanol–water partition coefficient (Wildman–Crippen LogP) is -1.02. The standard InChI is InChI=1S/C18H22FNO9/c1-27-15-9(8(7-20)4-5-21)2-3-11(10(15)6-19)28-18-14(24)12(22)13(23)16(29-18)17(25)26/h2-5,12-14,16,18,22-24H,6-7,20H2,1H3,(H,25,26)/b8-4-. The number of hydrogen-bond donors (Lipinski definition) is 5. The topological polar surface area (TPSA) is 169 Å². The van der Waals surface area contributed by atoms with Gasteiger partial charge in [0, 0.05) is 12.1 Å². The fourth-order valence-corrected chi connectivity index (χ4v) is 2.96. The van der Waals surface area contributed by atoms with Crippen LogP contribution in [0.1, 0.15) is 11.1 Å². The summed E-state index contributed by atoms with van der Waals surface area (Å²) in [6, 6.07) is 2.73. The maximum atomic E-state index is 13.8. The molecule has 0 aromatic heterocycles. The van der Waals surface area contributed by atoms with Gasteiger partial charge in [0.2, 0.25) is 6.29 Å². The average molecular weight is 415 g/mol. The van der Waals surface area contributed by atoms with Gasteiger partial charge in [-0.2, -0.15) is 0 Å². The maximum Gasteiger partial charge on any atom is 0.335 e. The second-order valence-electron chi connectivity index (χ2n) is 6.14. The van der Waals surface area contributed by atoms with Gasteiger partial charge in [0.1, 0.15) is 42.8 Å². The zero-order chi connectivity index (χ0) is 21.7. The highest BCUT2D eigenvalue weighted by atomic mass is 19.1. The Bertz CT molecular complexity index is 785. The average Bonchev–Trinajstić information content (AvgIpc) is 2.71. The van der Waals surface area contributed by atoms with E-state index in [1.54, 1.807) is 0 Å². The molecule has 0 amide bonds. The zero-order valence-electron chi connectivity index (χ0n) is 15.4. The third-order valence-corrected chi connectivity index (χ3v) is 4.45. The van der Waals surface area contributed by atoms with E-state index in [1.165, 1.54) is 25.3 Å². The molecule has 11 heteroatoms. The number of hydrogen-bond acceptors (Lipinski definition) is 9. The van der Waals surface area contributed by atoms with Crippen LogP contribution in [-0.2, 0) is 21.0 Å². The predicted molar refractivity (Wildman–Crippen MR) is 95.8 cm³/mol. The molecule has 29 heavy (non-hydrogen) atoms. The van der Waals surface area contributed by atoms with Gasteiger partial charge in [-0.1, -0.05) is 0 Å². The fourth-order valence-electron chi connectivity index (χ4n) is 2.96. The number of carboxylic acid groups (broad SMARTS) is 1. The molecule has 0 radical (unpaired) electrons. The fraction of sp³-hybridized carbons (Fsp3) is 0.444. The van der Waals surface area contributed by atoms with E-state index in [4.69, 9.17) is 25.1 Å². The minimum Gasteiger partial charge on any atom is -0.496 e. The molecular formula is C18H22FNO9. The summed E-state index contributed by atoms with van der Waals surface area (Å²) in [6.07, 6.45) is -7.43. The van der Waals surface area contributed by atoms with Crippen LogP contribution in [0.3, 0.4) is 0 Å². The number of aliphatic hydroxyl groups excluding tert-OH is 3. The van der Waals surface area contributed by atoms with Gasteiger partial charge in [0.25, 0.3) is 0 Å². The van der Waals surface area contributed by atoms with Crippen LogP contribution in [0.4, 0.5) is 4.39 Å². The second kappa shape index (κ2) is 9.76. The molecule has 1 aliphatic heterocycles. The van der Waals surface area contributed by atoms with Gasteiger partial charge >= 0.3 is 5.97 Å². The number of halogens is 1. The van der Waals surface area contributed by atoms with E-state index >= 15 is 0 Å². The molecule has 1 aromatic carbocycles. The molecule has 1 fully saturated rings. The van der Waals surface area contributed by atoms with Crippen molar-refractivity contribution < 1.29 is 48.6 Å². The summed E-state index contributed by atoms with van der Waals surface area (Å²) in [7, 11) is 1.27. The largest absolute Gasteiger partial charge is 0.496 e. The van der Waals surface area contributed by atoms with Gasteiger partial charge in [-0.05, 0) is 23.8 Å². The minimum atomic E-state index is -1.89. The number of aliphatic carboxylic acids is 1. The molecule has 1 aromatic rings. The van der Waals surface area contributed by atoms with Crippen molar-refractivity contribution in [3.63, 3.8) is 0 Å².